The Hall–Kier alpha value is -2.17. The molecule has 1 heterocycles. The Morgan fingerprint density at radius 2 is 2.00 bits per heavy atom. The Labute approximate surface area is 118 Å². The molecule has 0 unspecified atom stereocenters. The molecule has 0 aliphatic rings. The molecule has 2 rings (SSSR count). The Kier molecular flexibility index (Phi) is 4.50. The molecule has 0 spiro atoms. The molecule has 0 atom stereocenters. The molecule has 20 heavy (non-hydrogen) atoms. The highest BCUT2D eigenvalue weighted by Crippen LogP contribution is 2.15. The number of carbonyl (C=O) groups is 1. The molecule has 2 N–H and O–H groups in total. The number of amides is 1. The first kappa shape index (κ1) is 14.2. The quantitative estimate of drug-likeness (QED) is 0.875. The van der Waals surface area contributed by atoms with E-state index in [-0.39, 0.29) is 11.8 Å². The van der Waals surface area contributed by atoms with Gasteiger partial charge in [-0.05, 0) is 6.92 Å². The van der Waals surface area contributed by atoms with Crippen LogP contribution in [0.25, 0.3) is 11.4 Å². The molecular formula is C15H20N4O. The molecule has 0 radical (unpaired) electrons. The van der Waals surface area contributed by atoms with Crippen molar-refractivity contribution in [1.82, 2.24) is 20.5 Å². The van der Waals surface area contributed by atoms with Crippen LogP contribution in [0.2, 0.25) is 0 Å². The molecule has 0 saturated carbocycles. The number of nitrogens with zero attached hydrogens (tertiary/aromatic N) is 2. The zero-order valence-corrected chi connectivity index (χ0v) is 12.1. The van der Waals surface area contributed by atoms with Gasteiger partial charge >= 0.3 is 0 Å². The van der Waals surface area contributed by atoms with E-state index in [4.69, 9.17) is 0 Å². The van der Waals surface area contributed by atoms with Crippen molar-refractivity contribution in [3.8, 4) is 11.4 Å². The van der Waals surface area contributed by atoms with E-state index in [2.05, 4.69) is 20.5 Å². The fourth-order valence-corrected chi connectivity index (χ4v) is 1.75. The zero-order chi connectivity index (χ0) is 14.5. The van der Waals surface area contributed by atoms with Gasteiger partial charge in [0.25, 0.3) is 0 Å². The van der Waals surface area contributed by atoms with Crippen molar-refractivity contribution < 1.29 is 4.79 Å². The molecule has 106 valence electrons. The number of benzene rings is 1. The number of rotatable bonds is 5. The number of nitrogens with one attached hydrogen (secondary N) is 2. The van der Waals surface area contributed by atoms with Gasteiger partial charge in [-0.1, -0.05) is 43.7 Å². The maximum absolute atomic E-state index is 11.4. The summed E-state index contributed by atoms with van der Waals surface area (Å²) in [5.41, 5.74) is 2.20. The van der Waals surface area contributed by atoms with E-state index < -0.39 is 0 Å². The fraction of sp³-hybridized carbons (Fsp3) is 0.400. The Morgan fingerprint density at radius 3 is 2.65 bits per heavy atom. The van der Waals surface area contributed by atoms with Crippen LogP contribution in [0, 0.1) is 12.8 Å². The SMILES string of the molecule is Cc1ccc(-c2n[nH]c(CCNC(=O)C(C)C)n2)cc1. The first-order valence-electron chi connectivity index (χ1n) is 6.82. The van der Waals surface area contributed by atoms with Crippen LogP contribution in [0.4, 0.5) is 0 Å². The van der Waals surface area contributed by atoms with Crippen molar-refractivity contribution >= 4 is 5.91 Å². The van der Waals surface area contributed by atoms with Crippen LogP contribution in [0.5, 0.6) is 0 Å². The lowest BCUT2D eigenvalue weighted by Crippen LogP contribution is -2.29. The van der Waals surface area contributed by atoms with Crippen molar-refractivity contribution in [2.75, 3.05) is 6.54 Å². The lowest BCUT2D eigenvalue weighted by Gasteiger charge is -2.05. The van der Waals surface area contributed by atoms with Gasteiger partial charge < -0.3 is 5.32 Å². The van der Waals surface area contributed by atoms with Gasteiger partial charge in [0.15, 0.2) is 5.82 Å². The molecule has 5 nitrogen and oxygen atoms in total. The van der Waals surface area contributed by atoms with E-state index in [1.807, 2.05) is 45.0 Å². The average Bonchev–Trinajstić information content (AvgIpc) is 2.88. The number of hydrogen-bond donors (Lipinski definition) is 2. The number of H-pyrrole nitrogens is 1. The zero-order valence-electron chi connectivity index (χ0n) is 12.1. The summed E-state index contributed by atoms with van der Waals surface area (Å²) in [6.07, 6.45) is 0.650. The average molecular weight is 272 g/mol. The molecule has 0 aliphatic carbocycles. The van der Waals surface area contributed by atoms with Crippen molar-refractivity contribution in [3.05, 3.63) is 35.7 Å². The summed E-state index contributed by atoms with van der Waals surface area (Å²) in [5.74, 6) is 1.54. The van der Waals surface area contributed by atoms with Gasteiger partial charge in [0, 0.05) is 24.4 Å². The van der Waals surface area contributed by atoms with E-state index in [1.165, 1.54) is 5.56 Å². The third-order valence-electron chi connectivity index (χ3n) is 3.03. The second-order valence-electron chi connectivity index (χ2n) is 5.17. The molecule has 0 fully saturated rings. The predicted molar refractivity (Wildman–Crippen MR) is 78.1 cm³/mol. The maximum Gasteiger partial charge on any atom is 0.222 e. The van der Waals surface area contributed by atoms with Crippen LogP contribution in [0.1, 0.15) is 25.2 Å². The van der Waals surface area contributed by atoms with E-state index in [1.54, 1.807) is 0 Å². The normalized spacial score (nSPS) is 10.8. The van der Waals surface area contributed by atoms with E-state index in [0.29, 0.717) is 18.8 Å². The molecule has 0 aliphatic heterocycles. The molecule has 0 saturated heterocycles. The summed E-state index contributed by atoms with van der Waals surface area (Å²) in [6.45, 7) is 6.36. The van der Waals surface area contributed by atoms with Crippen LogP contribution in [-0.4, -0.2) is 27.6 Å². The molecule has 2 aromatic rings. The number of hydrogen-bond acceptors (Lipinski definition) is 3. The highest BCUT2D eigenvalue weighted by Gasteiger charge is 2.08. The Morgan fingerprint density at radius 1 is 1.30 bits per heavy atom. The van der Waals surface area contributed by atoms with E-state index in [0.717, 1.165) is 11.4 Å². The van der Waals surface area contributed by atoms with Crippen LogP contribution in [-0.2, 0) is 11.2 Å². The van der Waals surface area contributed by atoms with Gasteiger partial charge in [0.2, 0.25) is 5.91 Å². The first-order valence-corrected chi connectivity index (χ1v) is 6.82. The Bertz CT molecular complexity index is 572. The van der Waals surface area contributed by atoms with Crippen LogP contribution >= 0.6 is 0 Å². The maximum atomic E-state index is 11.4. The molecule has 0 bridgehead atoms. The minimum Gasteiger partial charge on any atom is -0.355 e. The van der Waals surface area contributed by atoms with Crippen molar-refractivity contribution in [2.45, 2.75) is 27.2 Å². The number of aromatic nitrogens is 3. The molecule has 5 heteroatoms. The lowest BCUT2D eigenvalue weighted by molar-refractivity contribution is -0.123. The van der Waals surface area contributed by atoms with Crippen LogP contribution in [0.3, 0.4) is 0 Å². The lowest BCUT2D eigenvalue weighted by atomic mass is 10.1. The van der Waals surface area contributed by atoms with Crippen molar-refractivity contribution in [1.29, 1.82) is 0 Å². The monoisotopic (exact) mass is 272 g/mol. The van der Waals surface area contributed by atoms with Gasteiger partial charge in [-0.25, -0.2) is 4.98 Å². The van der Waals surface area contributed by atoms with Crippen molar-refractivity contribution in [2.24, 2.45) is 5.92 Å². The summed E-state index contributed by atoms with van der Waals surface area (Å²) in [5, 5.41) is 9.97. The van der Waals surface area contributed by atoms with Crippen molar-refractivity contribution in [3.63, 3.8) is 0 Å². The van der Waals surface area contributed by atoms with Gasteiger partial charge in [0.05, 0.1) is 0 Å². The smallest absolute Gasteiger partial charge is 0.222 e. The largest absolute Gasteiger partial charge is 0.355 e. The Balaban J connectivity index is 1.92. The number of aryl methyl sites for hydroxylation is 1. The highest BCUT2D eigenvalue weighted by molar-refractivity contribution is 5.77. The summed E-state index contributed by atoms with van der Waals surface area (Å²) in [6, 6.07) is 8.08. The van der Waals surface area contributed by atoms with Gasteiger partial charge in [-0.2, -0.15) is 5.10 Å². The standard InChI is InChI=1S/C15H20N4O/c1-10(2)15(20)16-9-8-13-17-14(19-18-13)12-6-4-11(3)5-7-12/h4-7,10H,8-9H2,1-3H3,(H,16,20)(H,17,18,19). The summed E-state index contributed by atoms with van der Waals surface area (Å²) >= 11 is 0. The van der Waals surface area contributed by atoms with E-state index in [9.17, 15) is 4.79 Å². The summed E-state index contributed by atoms with van der Waals surface area (Å²) < 4.78 is 0. The van der Waals surface area contributed by atoms with Crippen LogP contribution < -0.4 is 5.32 Å². The topological polar surface area (TPSA) is 70.7 Å². The summed E-state index contributed by atoms with van der Waals surface area (Å²) in [7, 11) is 0. The first-order chi connectivity index (χ1) is 9.56. The van der Waals surface area contributed by atoms with E-state index >= 15 is 0 Å². The minimum atomic E-state index is 0.00726. The predicted octanol–water partition coefficient (Wildman–Crippen LogP) is 2.09. The third-order valence-corrected chi connectivity index (χ3v) is 3.03. The minimum absolute atomic E-state index is 0.00726. The van der Waals surface area contributed by atoms with Gasteiger partial charge in [-0.3, -0.25) is 9.89 Å². The number of carbonyl (C=O) groups excluding carboxylic acids is 1. The molecule has 1 aromatic heterocycles. The second-order valence-corrected chi connectivity index (χ2v) is 5.17. The number of aromatic amines is 1. The second kappa shape index (κ2) is 6.32. The van der Waals surface area contributed by atoms with Crippen LogP contribution in [0.15, 0.2) is 24.3 Å². The van der Waals surface area contributed by atoms with Gasteiger partial charge in [0.1, 0.15) is 5.82 Å². The fourth-order valence-electron chi connectivity index (χ4n) is 1.75. The molecule has 1 aromatic carbocycles. The third kappa shape index (κ3) is 3.66. The molecular weight excluding hydrogens is 252 g/mol. The summed E-state index contributed by atoms with van der Waals surface area (Å²) in [4.78, 5) is 15.9. The molecule has 1 amide bonds. The van der Waals surface area contributed by atoms with Gasteiger partial charge in [-0.15, -0.1) is 0 Å². The highest BCUT2D eigenvalue weighted by atomic mass is 16.1.